The van der Waals surface area contributed by atoms with Crippen LogP contribution in [0, 0.1) is 6.92 Å². The maximum atomic E-state index is 12.9. The molecule has 2 aromatic carbocycles. The number of carbonyl (C=O) groups excluding carboxylic acids is 1. The molecule has 0 bridgehead atoms. The molecule has 0 amide bonds. The quantitative estimate of drug-likeness (QED) is 0.573. The first-order valence-electron chi connectivity index (χ1n) is 8.12. The Morgan fingerprint density at radius 3 is 2.44 bits per heavy atom. The number of aryl methyl sites for hydroxylation is 3. The Bertz CT molecular complexity index is 894. The van der Waals surface area contributed by atoms with Crippen LogP contribution in [0.15, 0.2) is 54.7 Å². The van der Waals surface area contributed by atoms with Crippen molar-refractivity contribution in [3.63, 3.8) is 0 Å². The van der Waals surface area contributed by atoms with Gasteiger partial charge in [-0.1, -0.05) is 48.5 Å². The molecule has 1 aromatic heterocycles. The minimum Gasteiger partial charge on any atom is -0.346 e. The van der Waals surface area contributed by atoms with Gasteiger partial charge in [-0.3, -0.25) is 4.79 Å². The number of fused-ring (bicyclic) bond motifs is 1. The normalized spacial score (nSPS) is 11.8. The number of nitrogens with zero attached hydrogens (tertiary/aromatic N) is 1. The van der Waals surface area contributed by atoms with E-state index < -0.39 is 12.0 Å². The minimum absolute atomic E-state index is 0.272. The third kappa shape index (κ3) is 3.60. The molecule has 0 saturated carbocycles. The predicted molar refractivity (Wildman–Crippen MR) is 91.8 cm³/mol. The first-order valence-corrected chi connectivity index (χ1v) is 8.12. The Hall–Kier alpha value is -2.56. The number of aromatic nitrogens is 1. The number of para-hydroxylation sites is 1. The van der Waals surface area contributed by atoms with E-state index >= 15 is 0 Å². The molecule has 0 saturated heterocycles. The maximum absolute atomic E-state index is 12.9. The Morgan fingerprint density at radius 1 is 1.04 bits per heavy atom. The molecule has 1 heterocycles. The van der Waals surface area contributed by atoms with Crippen molar-refractivity contribution in [3.8, 4) is 0 Å². The number of rotatable bonds is 5. The van der Waals surface area contributed by atoms with Crippen molar-refractivity contribution in [1.82, 2.24) is 4.57 Å². The first-order chi connectivity index (χ1) is 11.9. The Balaban J connectivity index is 1.91. The van der Waals surface area contributed by atoms with Crippen LogP contribution in [-0.4, -0.2) is 16.5 Å². The average molecular weight is 345 g/mol. The van der Waals surface area contributed by atoms with Crippen LogP contribution < -0.4 is 0 Å². The van der Waals surface area contributed by atoms with Gasteiger partial charge >= 0.3 is 6.18 Å². The van der Waals surface area contributed by atoms with Crippen molar-refractivity contribution >= 4 is 16.7 Å². The zero-order valence-electron chi connectivity index (χ0n) is 13.8. The van der Waals surface area contributed by atoms with E-state index in [-0.39, 0.29) is 5.56 Å². The highest BCUT2D eigenvalue weighted by Crippen LogP contribution is 2.30. The van der Waals surface area contributed by atoms with Gasteiger partial charge in [-0.15, -0.1) is 0 Å². The molecule has 0 spiro atoms. The Kier molecular flexibility index (Phi) is 4.66. The summed E-state index contributed by atoms with van der Waals surface area (Å²) in [6.45, 7) is 2.40. The molecule has 0 N–H and O–H groups in total. The van der Waals surface area contributed by atoms with Crippen molar-refractivity contribution in [3.05, 3.63) is 71.4 Å². The van der Waals surface area contributed by atoms with Crippen LogP contribution in [0.1, 0.15) is 27.9 Å². The predicted octanol–water partition coefficient (Wildman–Crippen LogP) is 5.33. The largest absolute Gasteiger partial charge is 0.454 e. The summed E-state index contributed by atoms with van der Waals surface area (Å²) in [4.78, 5) is 11.8. The van der Waals surface area contributed by atoms with Gasteiger partial charge in [-0.05, 0) is 30.9 Å². The molecule has 5 heteroatoms. The van der Waals surface area contributed by atoms with E-state index in [2.05, 4.69) is 0 Å². The van der Waals surface area contributed by atoms with Crippen molar-refractivity contribution in [2.24, 2.45) is 0 Å². The van der Waals surface area contributed by atoms with Crippen LogP contribution in [0.2, 0.25) is 0 Å². The lowest BCUT2D eigenvalue weighted by atomic mass is 10.1. The van der Waals surface area contributed by atoms with Crippen molar-refractivity contribution in [2.45, 2.75) is 32.5 Å². The first kappa shape index (κ1) is 17.3. The van der Waals surface area contributed by atoms with E-state index in [9.17, 15) is 18.0 Å². The summed E-state index contributed by atoms with van der Waals surface area (Å²) >= 11 is 0. The number of benzene rings is 2. The van der Waals surface area contributed by atoms with Gasteiger partial charge in [-0.25, -0.2) is 0 Å². The molecule has 0 aliphatic carbocycles. The topological polar surface area (TPSA) is 22.0 Å². The molecule has 25 heavy (non-hydrogen) atoms. The van der Waals surface area contributed by atoms with Crippen LogP contribution in [0.5, 0.6) is 0 Å². The van der Waals surface area contributed by atoms with Gasteiger partial charge in [0, 0.05) is 18.1 Å². The molecule has 130 valence electrons. The zero-order chi connectivity index (χ0) is 18.0. The fourth-order valence-electron chi connectivity index (χ4n) is 3.16. The second kappa shape index (κ2) is 6.75. The monoisotopic (exact) mass is 345 g/mol. The van der Waals surface area contributed by atoms with Crippen molar-refractivity contribution in [1.29, 1.82) is 0 Å². The highest BCUT2D eigenvalue weighted by molar-refractivity contribution is 6.11. The number of carbonyl (C=O) groups is 1. The van der Waals surface area contributed by atoms with Crippen LogP contribution in [0.25, 0.3) is 10.9 Å². The van der Waals surface area contributed by atoms with E-state index in [4.69, 9.17) is 0 Å². The SMILES string of the molecule is Cc1cccc2c(C(=O)C(F)(F)F)cn(CCCc3ccccc3)c12. The summed E-state index contributed by atoms with van der Waals surface area (Å²) in [6, 6.07) is 15.0. The summed E-state index contributed by atoms with van der Waals surface area (Å²) in [7, 11) is 0. The van der Waals surface area contributed by atoms with E-state index in [1.807, 2.05) is 43.3 Å². The smallest absolute Gasteiger partial charge is 0.346 e. The summed E-state index contributed by atoms with van der Waals surface area (Å²) in [5.74, 6) is -1.79. The molecule has 0 radical (unpaired) electrons. The Morgan fingerprint density at radius 2 is 1.76 bits per heavy atom. The second-order valence-corrected chi connectivity index (χ2v) is 6.12. The van der Waals surface area contributed by atoms with Gasteiger partial charge in [-0.2, -0.15) is 13.2 Å². The maximum Gasteiger partial charge on any atom is 0.454 e. The number of alkyl halides is 3. The third-order valence-corrected chi connectivity index (χ3v) is 4.31. The van der Waals surface area contributed by atoms with Crippen molar-refractivity contribution < 1.29 is 18.0 Å². The van der Waals surface area contributed by atoms with Crippen LogP contribution in [0.3, 0.4) is 0 Å². The zero-order valence-corrected chi connectivity index (χ0v) is 13.8. The lowest BCUT2D eigenvalue weighted by Gasteiger charge is -2.07. The molecule has 0 unspecified atom stereocenters. The second-order valence-electron chi connectivity index (χ2n) is 6.12. The van der Waals surface area contributed by atoms with E-state index in [0.717, 1.165) is 18.4 Å². The van der Waals surface area contributed by atoms with Gasteiger partial charge in [0.2, 0.25) is 0 Å². The van der Waals surface area contributed by atoms with Crippen LogP contribution >= 0.6 is 0 Å². The summed E-state index contributed by atoms with van der Waals surface area (Å²) in [6.07, 6.45) is -1.91. The van der Waals surface area contributed by atoms with Gasteiger partial charge < -0.3 is 4.57 Å². The molecule has 0 atom stereocenters. The van der Waals surface area contributed by atoms with Crippen LogP contribution in [0.4, 0.5) is 13.2 Å². The van der Waals surface area contributed by atoms with Crippen LogP contribution in [-0.2, 0) is 13.0 Å². The van der Waals surface area contributed by atoms with Crippen molar-refractivity contribution in [2.75, 3.05) is 0 Å². The molecular weight excluding hydrogens is 327 g/mol. The number of ketones is 1. The van der Waals surface area contributed by atoms with Gasteiger partial charge in [0.1, 0.15) is 0 Å². The molecular formula is C20H18F3NO. The molecule has 0 aliphatic rings. The highest BCUT2D eigenvalue weighted by atomic mass is 19.4. The van der Waals surface area contributed by atoms with E-state index in [1.165, 1.54) is 11.8 Å². The Labute approximate surface area is 143 Å². The van der Waals surface area contributed by atoms with Gasteiger partial charge in [0.25, 0.3) is 5.78 Å². The standard InChI is InChI=1S/C20H18F3NO/c1-14-7-5-11-16-17(19(25)20(21,22)23)13-24(18(14)16)12-6-10-15-8-3-2-4-9-15/h2-5,7-9,11,13H,6,10,12H2,1H3. The molecule has 0 aliphatic heterocycles. The number of halogens is 3. The lowest BCUT2D eigenvalue weighted by molar-refractivity contribution is -0.0884. The fourth-order valence-corrected chi connectivity index (χ4v) is 3.16. The van der Waals surface area contributed by atoms with E-state index in [1.54, 1.807) is 16.7 Å². The number of Topliss-reactive ketones (excluding diaryl/α,β-unsaturated/α-hetero) is 1. The minimum atomic E-state index is -4.87. The molecule has 0 fully saturated rings. The molecule has 2 nitrogen and oxygen atoms in total. The lowest BCUT2D eigenvalue weighted by Crippen LogP contribution is -2.22. The average Bonchev–Trinajstić information content (AvgIpc) is 2.94. The molecule has 3 rings (SSSR count). The number of hydrogen-bond acceptors (Lipinski definition) is 1. The summed E-state index contributed by atoms with van der Waals surface area (Å²) < 4.78 is 40.4. The van der Waals surface area contributed by atoms with Gasteiger partial charge in [0.05, 0.1) is 11.1 Å². The molecule has 3 aromatic rings. The third-order valence-electron chi connectivity index (χ3n) is 4.31. The summed E-state index contributed by atoms with van der Waals surface area (Å²) in [5.41, 5.74) is 2.47. The highest BCUT2D eigenvalue weighted by Gasteiger charge is 2.40. The fraction of sp³-hybridized carbons (Fsp3) is 0.250. The summed E-state index contributed by atoms with van der Waals surface area (Å²) in [5, 5.41) is 0.363. The number of hydrogen-bond donors (Lipinski definition) is 0. The van der Waals surface area contributed by atoms with E-state index in [0.29, 0.717) is 17.4 Å². The van der Waals surface area contributed by atoms with Gasteiger partial charge in [0.15, 0.2) is 0 Å².